The van der Waals surface area contributed by atoms with Crippen LogP contribution < -0.4 is 5.32 Å². The average Bonchev–Trinajstić information content (AvgIpc) is 3.23. The summed E-state index contributed by atoms with van der Waals surface area (Å²) in [7, 11) is 0. The van der Waals surface area contributed by atoms with Gasteiger partial charge in [0.1, 0.15) is 5.60 Å². The van der Waals surface area contributed by atoms with Crippen molar-refractivity contribution in [3.05, 3.63) is 41.8 Å². The highest BCUT2D eigenvalue weighted by Gasteiger charge is 2.32. The number of thiophene rings is 1. The number of carbonyl (C=O) groups excluding carboxylic acids is 1. The summed E-state index contributed by atoms with van der Waals surface area (Å²) < 4.78 is 5.55. The molecule has 1 aromatic carbocycles. The molecule has 0 aliphatic carbocycles. The van der Waals surface area contributed by atoms with Gasteiger partial charge in [0, 0.05) is 29.2 Å². The number of nitrogens with one attached hydrogen (secondary N) is 1. The van der Waals surface area contributed by atoms with Gasteiger partial charge in [0.15, 0.2) is 0 Å². The molecule has 0 saturated carbocycles. The van der Waals surface area contributed by atoms with Crippen LogP contribution in [-0.4, -0.2) is 35.7 Å². The van der Waals surface area contributed by atoms with Gasteiger partial charge in [-0.3, -0.25) is 0 Å². The number of para-hydroxylation sites is 1. The predicted octanol–water partition coefficient (Wildman–Crippen LogP) is 5.23. The Morgan fingerprint density at radius 1 is 1.28 bits per heavy atom. The van der Waals surface area contributed by atoms with Crippen molar-refractivity contribution in [3.63, 3.8) is 0 Å². The van der Waals surface area contributed by atoms with E-state index in [0.717, 1.165) is 31.6 Å². The van der Waals surface area contributed by atoms with E-state index in [4.69, 9.17) is 4.74 Å². The molecule has 5 heteroatoms. The molecule has 3 rings (SSSR count). The zero-order valence-electron chi connectivity index (χ0n) is 15.1. The van der Waals surface area contributed by atoms with Gasteiger partial charge in [0.2, 0.25) is 0 Å². The number of nitrogens with zero attached hydrogens (tertiary/aromatic N) is 1. The number of anilines is 1. The van der Waals surface area contributed by atoms with Crippen LogP contribution >= 0.6 is 11.3 Å². The lowest BCUT2D eigenvalue weighted by atomic mass is 10.1. The first kappa shape index (κ1) is 17.8. The molecule has 25 heavy (non-hydrogen) atoms. The number of hydrogen-bond donors (Lipinski definition) is 1. The second kappa shape index (κ2) is 7.48. The maximum atomic E-state index is 12.4. The van der Waals surface area contributed by atoms with Gasteiger partial charge in [-0.2, -0.15) is 0 Å². The second-order valence-electron chi connectivity index (χ2n) is 7.37. The molecule has 1 aliphatic rings. The number of carbonyl (C=O) groups is 1. The molecule has 1 atom stereocenters. The summed E-state index contributed by atoms with van der Waals surface area (Å²) in [6.45, 7) is 7.23. The Labute approximate surface area is 153 Å². The highest BCUT2D eigenvalue weighted by atomic mass is 32.1. The largest absolute Gasteiger partial charge is 0.444 e. The SMILES string of the molecule is CC(C)(C)OC(=O)N1CCCC1CNc1ccccc1-c1cccs1. The van der Waals surface area contributed by atoms with Gasteiger partial charge in [-0.15, -0.1) is 11.3 Å². The van der Waals surface area contributed by atoms with Crippen LogP contribution in [0.1, 0.15) is 33.6 Å². The van der Waals surface area contributed by atoms with E-state index in [1.54, 1.807) is 11.3 Å². The van der Waals surface area contributed by atoms with Crippen molar-refractivity contribution >= 4 is 23.1 Å². The highest BCUT2D eigenvalue weighted by Crippen LogP contribution is 2.31. The summed E-state index contributed by atoms with van der Waals surface area (Å²) in [6, 6.07) is 12.7. The topological polar surface area (TPSA) is 41.6 Å². The van der Waals surface area contributed by atoms with Gasteiger partial charge >= 0.3 is 6.09 Å². The van der Waals surface area contributed by atoms with Crippen LogP contribution in [0.3, 0.4) is 0 Å². The minimum atomic E-state index is -0.455. The molecule has 1 N–H and O–H groups in total. The summed E-state index contributed by atoms with van der Waals surface area (Å²) >= 11 is 1.74. The standard InChI is InChI=1S/C20H26N2O2S/c1-20(2,3)24-19(23)22-12-6-8-15(22)14-21-17-10-5-4-9-16(17)18-11-7-13-25-18/h4-5,7,9-11,13,15,21H,6,8,12,14H2,1-3H3. The average molecular weight is 359 g/mol. The fourth-order valence-electron chi connectivity index (χ4n) is 3.12. The first-order chi connectivity index (χ1) is 11.9. The minimum Gasteiger partial charge on any atom is -0.444 e. The van der Waals surface area contributed by atoms with E-state index in [1.807, 2.05) is 31.7 Å². The molecule has 2 heterocycles. The van der Waals surface area contributed by atoms with Crippen molar-refractivity contribution in [1.29, 1.82) is 0 Å². The molecule has 0 radical (unpaired) electrons. The van der Waals surface area contributed by atoms with Crippen LogP contribution in [0.5, 0.6) is 0 Å². The quantitative estimate of drug-likeness (QED) is 0.814. The van der Waals surface area contributed by atoms with Gasteiger partial charge < -0.3 is 15.0 Å². The maximum absolute atomic E-state index is 12.4. The Balaban J connectivity index is 1.66. The monoisotopic (exact) mass is 358 g/mol. The first-order valence-corrected chi connectivity index (χ1v) is 9.68. The molecule has 2 aromatic rings. The zero-order valence-corrected chi connectivity index (χ0v) is 15.9. The number of ether oxygens (including phenoxy) is 1. The summed E-state index contributed by atoms with van der Waals surface area (Å²) in [5, 5.41) is 5.64. The maximum Gasteiger partial charge on any atom is 0.410 e. The highest BCUT2D eigenvalue weighted by molar-refractivity contribution is 7.13. The lowest BCUT2D eigenvalue weighted by molar-refractivity contribution is 0.0235. The van der Waals surface area contributed by atoms with Crippen molar-refractivity contribution in [1.82, 2.24) is 4.90 Å². The molecule has 4 nitrogen and oxygen atoms in total. The normalized spacial score (nSPS) is 17.6. The van der Waals surface area contributed by atoms with Gasteiger partial charge in [-0.1, -0.05) is 24.3 Å². The van der Waals surface area contributed by atoms with Gasteiger partial charge in [0.25, 0.3) is 0 Å². The molecular weight excluding hydrogens is 332 g/mol. The Hall–Kier alpha value is -2.01. The summed E-state index contributed by atoms with van der Waals surface area (Å²) in [6.07, 6.45) is 1.83. The van der Waals surface area contributed by atoms with Crippen LogP contribution in [0.25, 0.3) is 10.4 Å². The van der Waals surface area contributed by atoms with Gasteiger partial charge in [-0.25, -0.2) is 4.79 Å². The van der Waals surface area contributed by atoms with Gasteiger partial charge in [-0.05, 0) is 51.1 Å². The van der Waals surface area contributed by atoms with E-state index >= 15 is 0 Å². The Morgan fingerprint density at radius 2 is 2.08 bits per heavy atom. The molecule has 1 aromatic heterocycles. The third-order valence-corrected chi connectivity index (χ3v) is 5.15. The second-order valence-corrected chi connectivity index (χ2v) is 8.32. The van der Waals surface area contributed by atoms with Crippen LogP contribution in [0.15, 0.2) is 41.8 Å². The fraction of sp³-hybridized carbons (Fsp3) is 0.450. The Morgan fingerprint density at radius 3 is 2.80 bits per heavy atom. The molecule has 0 bridgehead atoms. The van der Waals surface area contributed by atoms with Crippen molar-refractivity contribution in [2.45, 2.75) is 45.3 Å². The molecule has 1 aliphatic heterocycles. The number of amides is 1. The smallest absolute Gasteiger partial charge is 0.410 e. The van der Waals surface area contributed by atoms with E-state index < -0.39 is 5.60 Å². The Kier molecular flexibility index (Phi) is 5.33. The first-order valence-electron chi connectivity index (χ1n) is 8.80. The van der Waals surface area contributed by atoms with E-state index in [1.165, 1.54) is 10.4 Å². The zero-order chi connectivity index (χ0) is 17.9. The van der Waals surface area contributed by atoms with Crippen molar-refractivity contribution in [3.8, 4) is 10.4 Å². The summed E-state index contributed by atoms with van der Waals surface area (Å²) in [5.41, 5.74) is 1.86. The summed E-state index contributed by atoms with van der Waals surface area (Å²) in [4.78, 5) is 15.5. The third kappa shape index (κ3) is 4.54. The molecule has 134 valence electrons. The molecular formula is C20H26N2O2S. The van der Waals surface area contributed by atoms with E-state index in [0.29, 0.717) is 0 Å². The van der Waals surface area contributed by atoms with Crippen molar-refractivity contribution < 1.29 is 9.53 Å². The molecule has 1 fully saturated rings. The van der Waals surface area contributed by atoms with E-state index in [-0.39, 0.29) is 12.1 Å². The number of benzene rings is 1. The third-order valence-electron chi connectivity index (χ3n) is 4.25. The summed E-state index contributed by atoms with van der Waals surface area (Å²) in [5.74, 6) is 0. The van der Waals surface area contributed by atoms with E-state index in [2.05, 4.69) is 41.0 Å². The predicted molar refractivity (Wildman–Crippen MR) is 104 cm³/mol. The molecule has 1 saturated heterocycles. The number of likely N-dealkylation sites (tertiary alicyclic amines) is 1. The Bertz CT molecular complexity index is 707. The molecule has 1 amide bonds. The van der Waals surface area contributed by atoms with Crippen LogP contribution in [-0.2, 0) is 4.74 Å². The van der Waals surface area contributed by atoms with E-state index in [9.17, 15) is 4.79 Å². The van der Waals surface area contributed by atoms with Crippen LogP contribution in [0.4, 0.5) is 10.5 Å². The number of hydrogen-bond acceptors (Lipinski definition) is 4. The molecule has 0 spiro atoms. The van der Waals surface area contributed by atoms with Gasteiger partial charge in [0.05, 0.1) is 6.04 Å². The lowest BCUT2D eigenvalue weighted by Crippen LogP contribution is -2.42. The lowest BCUT2D eigenvalue weighted by Gasteiger charge is -2.29. The van der Waals surface area contributed by atoms with Crippen molar-refractivity contribution in [2.24, 2.45) is 0 Å². The van der Waals surface area contributed by atoms with Crippen LogP contribution in [0.2, 0.25) is 0 Å². The van der Waals surface area contributed by atoms with Crippen LogP contribution in [0, 0.1) is 0 Å². The minimum absolute atomic E-state index is 0.172. The fourth-order valence-corrected chi connectivity index (χ4v) is 3.89. The number of rotatable bonds is 4. The molecule has 1 unspecified atom stereocenters. The van der Waals surface area contributed by atoms with Crippen molar-refractivity contribution in [2.75, 3.05) is 18.4 Å².